The molecule has 1 fully saturated rings. The lowest BCUT2D eigenvalue weighted by Crippen LogP contribution is -2.26. The van der Waals surface area contributed by atoms with Crippen LogP contribution in [-0.4, -0.2) is 11.6 Å². The molecule has 1 saturated carbocycles. The molecule has 17 heavy (non-hydrogen) atoms. The van der Waals surface area contributed by atoms with E-state index in [1.807, 2.05) is 26.1 Å². The van der Waals surface area contributed by atoms with Crippen LogP contribution in [0.1, 0.15) is 26.7 Å². The minimum Gasteiger partial charge on any atom is -0.404 e. The normalized spacial score (nSPS) is 16.7. The van der Waals surface area contributed by atoms with Crippen molar-refractivity contribution in [2.45, 2.75) is 26.7 Å². The van der Waals surface area contributed by atoms with Crippen LogP contribution in [0.3, 0.4) is 0 Å². The molecule has 1 aliphatic carbocycles. The number of hydrogen-bond donors (Lipinski definition) is 3. The third kappa shape index (κ3) is 7.88. The second kappa shape index (κ2) is 9.13. The molecule has 98 valence electrons. The van der Waals surface area contributed by atoms with Gasteiger partial charge in [0.15, 0.2) is 0 Å². The lowest BCUT2D eigenvalue weighted by atomic mass is 10.3. The van der Waals surface area contributed by atoms with Gasteiger partial charge in [0.25, 0.3) is 0 Å². The van der Waals surface area contributed by atoms with E-state index in [-0.39, 0.29) is 0 Å². The summed E-state index contributed by atoms with van der Waals surface area (Å²) in [5.41, 5.74) is 11.5. The van der Waals surface area contributed by atoms with Crippen LogP contribution in [0.5, 0.6) is 0 Å². The molecule has 0 aliphatic heterocycles. The van der Waals surface area contributed by atoms with E-state index in [4.69, 9.17) is 17.3 Å². The number of nitrogens with zero attached hydrogens (tertiary/aromatic N) is 1. The smallest absolute Gasteiger partial charge is 0.0559 e. The van der Waals surface area contributed by atoms with E-state index in [2.05, 4.69) is 15.9 Å². The van der Waals surface area contributed by atoms with Gasteiger partial charge in [0.05, 0.1) is 4.48 Å². The zero-order valence-electron chi connectivity index (χ0n) is 10.6. The van der Waals surface area contributed by atoms with Gasteiger partial charge in [-0.15, -0.1) is 0 Å². The minimum atomic E-state index is 0.577. The molecule has 0 bridgehead atoms. The fraction of sp³-hybridized carbons (Fsp3) is 0.500. The van der Waals surface area contributed by atoms with E-state index in [1.165, 1.54) is 19.0 Å². The van der Waals surface area contributed by atoms with Crippen molar-refractivity contribution in [2.75, 3.05) is 6.54 Å². The van der Waals surface area contributed by atoms with Crippen molar-refractivity contribution in [2.24, 2.45) is 23.2 Å². The van der Waals surface area contributed by atoms with Crippen LogP contribution in [-0.2, 0) is 0 Å². The highest BCUT2D eigenvalue weighted by molar-refractivity contribution is 9.11. The Morgan fingerprint density at radius 3 is 2.47 bits per heavy atom. The topological polar surface area (TPSA) is 81.3 Å². The molecule has 0 atom stereocenters. The Hall–Kier alpha value is -0.940. The molecule has 6 N–H and O–H groups in total. The average molecular weight is 303 g/mol. The fourth-order valence-corrected chi connectivity index (χ4v) is 1.22. The average Bonchev–Trinajstić information content (AvgIpc) is 3.14. The van der Waals surface area contributed by atoms with Crippen molar-refractivity contribution >= 4 is 15.9 Å². The first-order valence-electron chi connectivity index (χ1n) is 5.86. The number of rotatable bonds is 5. The Labute approximate surface area is 112 Å². The van der Waals surface area contributed by atoms with Gasteiger partial charge in [-0.1, -0.05) is 13.8 Å². The maximum absolute atomic E-state index is 5.73. The summed E-state index contributed by atoms with van der Waals surface area (Å²) in [6, 6.07) is 0. The molecule has 0 unspecified atom stereocenters. The van der Waals surface area contributed by atoms with E-state index in [0.29, 0.717) is 10.2 Å². The summed E-state index contributed by atoms with van der Waals surface area (Å²) in [7, 11) is 0. The summed E-state index contributed by atoms with van der Waals surface area (Å²) < 4.78 is 0.679. The molecule has 5 heteroatoms. The standard InChI is InChI=1S/C10H17BrN4.C2H6/c11-9(6-12)10(13)2-1-5-15(14)7-8-3-4-8;1-2/h1-2,5-6,8H,3-4,7,12-14H2;1-2H3/b5-1+,9-6-,10-2+;. The third-order valence-electron chi connectivity index (χ3n) is 2.14. The van der Waals surface area contributed by atoms with Gasteiger partial charge in [-0.05, 0) is 46.8 Å². The van der Waals surface area contributed by atoms with Gasteiger partial charge in [0, 0.05) is 24.6 Å². The SMILES string of the molecule is CC.N/C=C(Br)/C(N)=C\C=C\N(N)CC1CC1. The monoisotopic (exact) mass is 302 g/mol. The van der Waals surface area contributed by atoms with Gasteiger partial charge in [-0.3, -0.25) is 0 Å². The van der Waals surface area contributed by atoms with Crippen molar-refractivity contribution in [1.29, 1.82) is 0 Å². The quantitative estimate of drug-likeness (QED) is 0.413. The van der Waals surface area contributed by atoms with Gasteiger partial charge < -0.3 is 16.5 Å². The highest BCUT2D eigenvalue weighted by Crippen LogP contribution is 2.28. The lowest BCUT2D eigenvalue weighted by molar-refractivity contribution is 0.375. The summed E-state index contributed by atoms with van der Waals surface area (Å²) >= 11 is 3.22. The predicted octanol–water partition coefficient (Wildman–Crippen LogP) is 2.15. The van der Waals surface area contributed by atoms with Gasteiger partial charge in [-0.25, -0.2) is 5.84 Å². The molecular formula is C12H23BrN4. The van der Waals surface area contributed by atoms with Crippen molar-refractivity contribution < 1.29 is 0 Å². The Morgan fingerprint density at radius 1 is 1.41 bits per heavy atom. The van der Waals surface area contributed by atoms with Crippen LogP contribution in [0.4, 0.5) is 0 Å². The van der Waals surface area contributed by atoms with Crippen LogP contribution in [0.2, 0.25) is 0 Å². The van der Waals surface area contributed by atoms with Gasteiger partial charge >= 0.3 is 0 Å². The zero-order chi connectivity index (χ0) is 13.3. The predicted molar refractivity (Wildman–Crippen MR) is 77.6 cm³/mol. The molecule has 0 aromatic heterocycles. The van der Waals surface area contributed by atoms with E-state index in [9.17, 15) is 0 Å². The lowest BCUT2D eigenvalue weighted by Gasteiger charge is -2.11. The van der Waals surface area contributed by atoms with Gasteiger partial charge in [-0.2, -0.15) is 0 Å². The number of halogens is 1. The van der Waals surface area contributed by atoms with Crippen molar-refractivity contribution in [1.82, 2.24) is 5.01 Å². The molecule has 4 nitrogen and oxygen atoms in total. The Kier molecular flexibility index (Phi) is 8.62. The highest BCUT2D eigenvalue weighted by Gasteiger charge is 2.21. The molecule has 0 amide bonds. The molecule has 0 spiro atoms. The van der Waals surface area contributed by atoms with Crippen LogP contribution < -0.4 is 17.3 Å². The number of hydrogen-bond acceptors (Lipinski definition) is 4. The molecule has 0 radical (unpaired) electrons. The number of nitrogens with two attached hydrogens (primary N) is 3. The summed E-state index contributed by atoms with van der Waals surface area (Å²) in [5.74, 6) is 6.51. The van der Waals surface area contributed by atoms with Crippen LogP contribution >= 0.6 is 15.9 Å². The third-order valence-corrected chi connectivity index (χ3v) is 2.86. The maximum atomic E-state index is 5.73. The molecule has 1 rings (SSSR count). The first-order chi connectivity index (χ1) is 8.13. The van der Waals surface area contributed by atoms with Crippen molar-refractivity contribution in [3.63, 3.8) is 0 Å². The molecule has 0 heterocycles. The first-order valence-corrected chi connectivity index (χ1v) is 6.66. The number of hydrazine groups is 1. The molecule has 0 saturated heterocycles. The maximum Gasteiger partial charge on any atom is 0.0559 e. The Bertz CT molecular complexity index is 293. The molecule has 0 aromatic carbocycles. The Morgan fingerprint density at radius 2 is 2.00 bits per heavy atom. The van der Waals surface area contributed by atoms with Crippen LogP contribution in [0.15, 0.2) is 34.7 Å². The second-order valence-electron chi connectivity index (χ2n) is 3.62. The summed E-state index contributed by atoms with van der Waals surface area (Å²) in [6.07, 6.45) is 9.36. The van der Waals surface area contributed by atoms with E-state index >= 15 is 0 Å². The number of allylic oxidation sites excluding steroid dienone is 3. The molecular weight excluding hydrogens is 280 g/mol. The van der Waals surface area contributed by atoms with Crippen molar-refractivity contribution in [3.8, 4) is 0 Å². The minimum absolute atomic E-state index is 0.577. The van der Waals surface area contributed by atoms with Crippen LogP contribution in [0.25, 0.3) is 0 Å². The van der Waals surface area contributed by atoms with Gasteiger partial charge in [0.2, 0.25) is 0 Å². The van der Waals surface area contributed by atoms with Crippen molar-refractivity contribution in [3.05, 3.63) is 34.7 Å². The molecule has 0 aromatic rings. The fourth-order valence-electron chi connectivity index (χ4n) is 1.09. The summed E-state index contributed by atoms with van der Waals surface area (Å²) in [6.45, 7) is 4.91. The second-order valence-corrected chi connectivity index (χ2v) is 4.47. The molecule has 1 aliphatic rings. The largest absolute Gasteiger partial charge is 0.404 e. The zero-order valence-corrected chi connectivity index (χ0v) is 12.2. The van der Waals surface area contributed by atoms with Gasteiger partial charge in [0.1, 0.15) is 0 Å². The van der Waals surface area contributed by atoms with Crippen LogP contribution in [0, 0.1) is 5.92 Å². The summed E-state index contributed by atoms with van der Waals surface area (Å²) in [5, 5.41) is 1.68. The summed E-state index contributed by atoms with van der Waals surface area (Å²) in [4.78, 5) is 0. The highest BCUT2D eigenvalue weighted by atomic mass is 79.9. The first kappa shape index (κ1) is 16.1. The van der Waals surface area contributed by atoms with E-state index < -0.39 is 0 Å². The van der Waals surface area contributed by atoms with E-state index in [0.717, 1.165) is 12.5 Å². The van der Waals surface area contributed by atoms with E-state index in [1.54, 1.807) is 11.1 Å². The Balaban J connectivity index is 0.00000121.